The molecule has 0 atom stereocenters. The maximum Gasteiger partial charge on any atom is 2.00 e. The van der Waals surface area contributed by atoms with Crippen molar-refractivity contribution in [2.45, 2.75) is 97.3 Å². The molecule has 0 heterocycles. The molecule has 4 heteroatoms. The molecule has 3 nitrogen and oxygen atoms in total. The van der Waals surface area contributed by atoms with E-state index in [-0.39, 0.29) is 22.3 Å². The van der Waals surface area contributed by atoms with E-state index in [1.165, 1.54) is 44.6 Å². The molecule has 0 unspecified atom stereocenters. The first-order chi connectivity index (χ1) is 14.1. The molecule has 2 aromatic carbocycles. The molecule has 0 saturated carbocycles. The monoisotopic (exact) mass is 454 g/mol. The van der Waals surface area contributed by atoms with E-state index < -0.39 is 11.5 Å². The van der Waals surface area contributed by atoms with Crippen LogP contribution in [-0.2, 0) is 34.1 Å². The minimum Gasteiger partial charge on any atom is -0.873 e. The van der Waals surface area contributed by atoms with Gasteiger partial charge in [0, 0.05) is 12.8 Å². The Hall–Kier alpha value is -1.54. The van der Waals surface area contributed by atoms with Gasteiger partial charge in [-0.05, 0) is 41.2 Å². The summed E-state index contributed by atoms with van der Waals surface area (Å²) in [4.78, 5) is 12.7. The number of Topliss-reactive ketones (excluding diaryl/α,β-unsaturated/α-hetero) is 1. The average molecular weight is 455 g/mol. The number of carbonyl (C=O) groups excluding carboxylic acids is 1. The van der Waals surface area contributed by atoms with Gasteiger partial charge in [0.25, 0.3) is 0 Å². The first-order valence-corrected chi connectivity index (χ1v) is 11.5. The average Bonchev–Trinajstić information content (AvgIpc) is 2.72. The van der Waals surface area contributed by atoms with Crippen LogP contribution in [0, 0.1) is 0 Å². The Morgan fingerprint density at radius 3 is 2.03 bits per heavy atom. The van der Waals surface area contributed by atoms with Crippen molar-refractivity contribution in [1.82, 2.24) is 0 Å². The molecule has 0 radical (unpaired) electrons. The predicted molar refractivity (Wildman–Crippen MR) is 117 cm³/mol. The van der Waals surface area contributed by atoms with Gasteiger partial charge >= 0.3 is 16.5 Å². The van der Waals surface area contributed by atoms with Crippen LogP contribution in [0.3, 0.4) is 0 Å². The first kappa shape index (κ1) is 26.5. The van der Waals surface area contributed by atoms with Crippen molar-refractivity contribution in [3.63, 3.8) is 0 Å². The van der Waals surface area contributed by atoms with Crippen molar-refractivity contribution in [2.24, 2.45) is 0 Å². The van der Waals surface area contributed by atoms with Crippen LogP contribution >= 0.6 is 0 Å². The molecule has 0 saturated heterocycles. The van der Waals surface area contributed by atoms with Gasteiger partial charge in [-0.3, -0.25) is 4.79 Å². The molecule has 2 aromatic rings. The van der Waals surface area contributed by atoms with E-state index in [0.717, 1.165) is 48.6 Å². The van der Waals surface area contributed by atoms with E-state index in [0.29, 0.717) is 18.2 Å². The van der Waals surface area contributed by atoms with Crippen LogP contribution in [0.2, 0.25) is 0 Å². The van der Waals surface area contributed by atoms with Crippen molar-refractivity contribution in [1.29, 1.82) is 0 Å². The number of aryl methyl sites for hydroxylation is 1. The van der Waals surface area contributed by atoms with E-state index in [9.17, 15) is 15.0 Å². The normalized spacial score (nSPS) is 10.9. The van der Waals surface area contributed by atoms with Crippen LogP contribution < -0.4 is 10.2 Å². The van der Waals surface area contributed by atoms with Crippen LogP contribution in [0.25, 0.3) is 10.8 Å². The number of hydrogen-bond acceptors (Lipinski definition) is 3. The minimum atomic E-state index is -0.477. The van der Waals surface area contributed by atoms with E-state index in [4.69, 9.17) is 0 Å². The van der Waals surface area contributed by atoms with E-state index in [2.05, 4.69) is 13.8 Å². The van der Waals surface area contributed by atoms with Gasteiger partial charge < -0.3 is 10.2 Å². The number of carbonyl (C=O) groups is 1. The number of hydrogen-bond donors (Lipinski definition) is 0. The number of fused-ring (bicyclic) bond motifs is 1. The minimum absolute atomic E-state index is 0. The molecule has 0 amide bonds. The Kier molecular flexibility index (Phi) is 12.8. The molecule has 0 aromatic heterocycles. The van der Waals surface area contributed by atoms with Gasteiger partial charge in [-0.25, -0.2) is 0 Å². The van der Waals surface area contributed by atoms with Crippen molar-refractivity contribution >= 4 is 16.6 Å². The summed E-state index contributed by atoms with van der Waals surface area (Å²) in [5.41, 5.74) is 2.10. The van der Waals surface area contributed by atoms with Crippen LogP contribution in [0.15, 0.2) is 24.3 Å². The Morgan fingerprint density at radius 2 is 1.37 bits per heavy atom. The third-order valence-electron chi connectivity index (χ3n) is 5.81. The SMILES string of the molecule is CCCCCCCCCCC(=O)Cc1c(CCCC)ccc2c([O-])c([O-])ccc12.[Ni+2]. The summed E-state index contributed by atoms with van der Waals surface area (Å²) in [7, 11) is 0. The standard InChI is InChI=1S/C26H38O3.Ni/c1-3-5-7-8-9-10-11-12-14-21(27)19-24-20(13-6-4-2)15-16-23-22(24)17-18-25(28)26(23)29;/h15-18,28-29H,3-14,19H2,1-2H3;/q;+2/p-2. The zero-order valence-corrected chi connectivity index (χ0v) is 19.5. The van der Waals surface area contributed by atoms with Crippen LogP contribution in [0.1, 0.15) is 95.6 Å². The van der Waals surface area contributed by atoms with Gasteiger partial charge in [-0.1, -0.05) is 89.5 Å². The zero-order valence-electron chi connectivity index (χ0n) is 18.5. The molecule has 0 bridgehead atoms. The van der Waals surface area contributed by atoms with E-state index in [1.807, 2.05) is 6.07 Å². The van der Waals surface area contributed by atoms with Gasteiger partial charge in [0.2, 0.25) is 0 Å². The van der Waals surface area contributed by atoms with Gasteiger partial charge in [-0.15, -0.1) is 11.5 Å². The predicted octanol–water partition coefficient (Wildman–Crippen LogP) is 5.97. The summed E-state index contributed by atoms with van der Waals surface area (Å²) in [5, 5.41) is 25.2. The van der Waals surface area contributed by atoms with Crippen LogP contribution in [0.4, 0.5) is 0 Å². The fourth-order valence-electron chi connectivity index (χ4n) is 4.02. The largest absolute Gasteiger partial charge is 2.00 e. The van der Waals surface area contributed by atoms with Gasteiger partial charge in [0.1, 0.15) is 5.78 Å². The summed E-state index contributed by atoms with van der Waals surface area (Å²) in [6.07, 6.45) is 13.7. The first-order valence-electron chi connectivity index (χ1n) is 11.5. The Labute approximate surface area is 192 Å². The molecule has 0 N–H and O–H groups in total. The quantitative estimate of drug-likeness (QED) is 0.261. The fourth-order valence-corrected chi connectivity index (χ4v) is 4.02. The zero-order chi connectivity index (χ0) is 21.1. The Bertz CT molecular complexity index is 785. The van der Waals surface area contributed by atoms with E-state index in [1.54, 1.807) is 12.1 Å². The van der Waals surface area contributed by atoms with Gasteiger partial charge in [-0.2, -0.15) is 0 Å². The maximum atomic E-state index is 12.7. The second kappa shape index (κ2) is 14.5. The van der Waals surface area contributed by atoms with Crippen molar-refractivity contribution < 1.29 is 31.5 Å². The molecule has 0 aliphatic carbocycles. The van der Waals surface area contributed by atoms with Crippen LogP contribution in [0.5, 0.6) is 11.5 Å². The van der Waals surface area contributed by atoms with Gasteiger partial charge in [0.05, 0.1) is 0 Å². The second-order valence-corrected chi connectivity index (χ2v) is 8.24. The fraction of sp³-hybridized carbons (Fsp3) is 0.577. The molecule has 0 spiro atoms. The number of benzene rings is 2. The van der Waals surface area contributed by atoms with Gasteiger partial charge in [0.15, 0.2) is 0 Å². The molecule has 0 aliphatic heterocycles. The van der Waals surface area contributed by atoms with Crippen molar-refractivity contribution in [3.05, 3.63) is 35.4 Å². The molecule has 2 rings (SSSR count). The summed E-state index contributed by atoms with van der Waals surface area (Å²) in [6.45, 7) is 4.38. The third-order valence-corrected chi connectivity index (χ3v) is 5.81. The number of unbranched alkanes of at least 4 members (excludes halogenated alkanes) is 8. The third kappa shape index (κ3) is 7.95. The summed E-state index contributed by atoms with van der Waals surface area (Å²) >= 11 is 0. The molecule has 0 aliphatic rings. The summed E-state index contributed by atoms with van der Waals surface area (Å²) in [6, 6.07) is 6.78. The summed E-state index contributed by atoms with van der Waals surface area (Å²) < 4.78 is 0. The topological polar surface area (TPSA) is 63.2 Å². The number of ketones is 1. The Balaban J connectivity index is 0.00000450. The molecular weight excluding hydrogens is 419 g/mol. The smallest absolute Gasteiger partial charge is 0.873 e. The van der Waals surface area contributed by atoms with Crippen molar-refractivity contribution in [3.8, 4) is 11.5 Å². The molecule has 30 heavy (non-hydrogen) atoms. The number of rotatable bonds is 14. The summed E-state index contributed by atoms with van der Waals surface area (Å²) in [5.74, 6) is -0.698. The van der Waals surface area contributed by atoms with Crippen molar-refractivity contribution in [2.75, 3.05) is 0 Å². The molecule has 0 fully saturated rings. The van der Waals surface area contributed by atoms with E-state index >= 15 is 0 Å². The Morgan fingerprint density at radius 1 is 0.767 bits per heavy atom. The maximum absolute atomic E-state index is 12.7. The second-order valence-electron chi connectivity index (χ2n) is 8.24. The molecule has 168 valence electrons. The molecular formula is C26H36NiO3. The van der Waals surface area contributed by atoms with Crippen LogP contribution in [-0.4, -0.2) is 5.78 Å².